The van der Waals surface area contributed by atoms with Crippen LogP contribution < -0.4 is 5.56 Å². The zero-order chi connectivity index (χ0) is 11.5. The zero-order valence-corrected chi connectivity index (χ0v) is 9.16. The number of unbranched alkanes of at least 4 members (excludes halogenated alkanes) is 1. The molecule has 1 aromatic heterocycles. The van der Waals surface area contributed by atoms with E-state index in [-0.39, 0.29) is 11.3 Å². The predicted molar refractivity (Wildman–Crippen MR) is 62.6 cm³/mol. The number of fused-ring (bicyclic) bond motifs is 1. The third kappa shape index (κ3) is 2.05. The standard InChI is InChI=1S/C12H14N2O2/c1-2-3-4-11-13-10-6-5-8(15)7-9(10)12(16)14-11/h5-7,15H,2-4H2,1H3,(H,13,14,16). The van der Waals surface area contributed by atoms with Gasteiger partial charge in [0.25, 0.3) is 5.56 Å². The second-order valence-corrected chi connectivity index (χ2v) is 3.82. The SMILES string of the molecule is CCCCc1nc2ccc(O)cc2c(=O)[nH]1. The Bertz CT molecular complexity index is 560. The molecule has 1 aromatic carbocycles. The van der Waals surface area contributed by atoms with Crippen LogP contribution in [0.2, 0.25) is 0 Å². The largest absolute Gasteiger partial charge is 0.508 e. The summed E-state index contributed by atoms with van der Waals surface area (Å²) in [7, 11) is 0. The summed E-state index contributed by atoms with van der Waals surface area (Å²) in [6, 6.07) is 4.64. The number of rotatable bonds is 3. The number of hydrogen-bond donors (Lipinski definition) is 2. The number of hydrogen-bond acceptors (Lipinski definition) is 3. The molecule has 0 saturated carbocycles. The number of phenolic OH excluding ortho intramolecular Hbond substituents is 1. The van der Waals surface area contributed by atoms with Crippen molar-refractivity contribution in [2.75, 3.05) is 0 Å². The molecular weight excluding hydrogens is 204 g/mol. The fraction of sp³-hybridized carbons (Fsp3) is 0.333. The van der Waals surface area contributed by atoms with E-state index in [9.17, 15) is 9.90 Å². The van der Waals surface area contributed by atoms with E-state index in [1.807, 2.05) is 0 Å². The lowest BCUT2D eigenvalue weighted by Crippen LogP contribution is -2.11. The van der Waals surface area contributed by atoms with Crippen LogP contribution in [0.3, 0.4) is 0 Å². The first-order valence-corrected chi connectivity index (χ1v) is 5.42. The lowest BCUT2D eigenvalue weighted by atomic mass is 10.2. The van der Waals surface area contributed by atoms with Crippen molar-refractivity contribution in [2.45, 2.75) is 26.2 Å². The maximum absolute atomic E-state index is 11.7. The molecule has 0 radical (unpaired) electrons. The first-order valence-electron chi connectivity index (χ1n) is 5.42. The first kappa shape index (κ1) is 10.7. The van der Waals surface area contributed by atoms with Crippen molar-refractivity contribution in [2.24, 2.45) is 0 Å². The molecule has 2 N–H and O–H groups in total. The summed E-state index contributed by atoms with van der Waals surface area (Å²) in [6.45, 7) is 2.09. The van der Waals surface area contributed by atoms with E-state index < -0.39 is 0 Å². The smallest absolute Gasteiger partial charge is 0.258 e. The topological polar surface area (TPSA) is 66.0 Å². The highest BCUT2D eigenvalue weighted by molar-refractivity contribution is 5.78. The van der Waals surface area contributed by atoms with Crippen LogP contribution in [0.15, 0.2) is 23.0 Å². The molecule has 0 aliphatic rings. The summed E-state index contributed by atoms with van der Waals surface area (Å²) in [5, 5.41) is 9.72. The Hall–Kier alpha value is -1.84. The van der Waals surface area contributed by atoms with E-state index in [2.05, 4.69) is 16.9 Å². The van der Waals surface area contributed by atoms with Crippen LogP contribution in [0.5, 0.6) is 5.75 Å². The van der Waals surface area contributed by atoms with Gasteiger partial charge in [-0.05, 0) is 24.6 Å². The van der Waals surface area contributed by atoms with Crippen LogP contribution in [-0.4, -0.2) is 15.1 Å². The maximum Gasteiger partial charge on any atom is 0.258 e. The number of aryl methyl sites for hydroxylation is 1. The number of nitrogens with one attached hydrogen (secondary N) is 1. The molecule has 0 bridgehead atoms. The number of phenols is 1. The van der Waals surface area contributed by atoms with Gasteiger partial charge in [0.15, 0.2) is 0 Å². The van der Waals surface area contributed by atoms with Crippen LogP contribution in [0.4, 0.5) is 0 Å². The second-order valence-electron chi connectivity index (χ2n) is 3.82. The number of nitrogens with zero attached hydrogens (tertiary/aromatic N) is 1. The van der Waals surface area contributed by atoms with Crippen LogP contribution in [0, 0.1) is 0 Å². The maximum atomic E-state index is 11.7. The molecule has 0 fully saturated rings. The normalized spacial score (nSPS) is 10.8. The Kier molecular flexibility index (Phi) is 2.90. The lowest BCUT2D eigenvalue weighted by molar-refractivity contribution is 0.476. The Morgan fingerprint density at radius 2 is 2.25 bits per heavy atom. The molecular formula is C12H14N2O2. The van der Waals surface area contributed by atoms with Crippen molar-refractivity contribution in [1.82, 2.24) is 9.97 Å². The molecule has 1 heterocycles. The van der Waals surface area contributed by atoms with Gasteiger partial charge in [0.2, 0.25) is 0 Å². The number of aromatic hydroxyl groups is 1. The van der Waals surface area contributed by atoms with Gasteiger partial charge >= 0.3 is 0 Å². The minimum absolute atomic E-state index is 0.0844. The van der Waals surface area contributed by atoms with E-state index in [0.29, 0.717) is 16.7 Å². The van der Waals surface area contributed by atoms with Crippen LogP contribution in [-0.2, 0) is 6.42 Å². The minimum Gasteiger partial charge on any atom is -0.508 e. The van der Waals surface area contributed by atoms with Gasteiger partial charge in [0, 0.05) is 6.42 Å². The fourth-order valence-electron chi connectivity index (χ4n) is 1.64. The van der Waals surface area contributed by atoms with E-state index in [0.717, 1.165) is 19.3 Å². The lowest BCUT2D eigenvalue weighted by Gasteiger charge is -2.02. The summed E-state index contributed by atoms with van der Waals surface area (Å²) in [6.07, 6.45) is 2.85. The van der Waals surface area contributed by atoms with Crippen molar-refractivity contribution < 1.29 is 5.11 Å². The van der Waals surface area contributed by atoms with Gasteiger partial charge < -0.3 is 10.1 Å². The number of aromatic amines is 1. The minimum atomic E-state index is -0.188. The summed E-state index contributed by atoms with van der Waals surface area (Å²) in [5.41, 5.74) is 0.444. The van der Waals surface area contributed by atoms with Gasteiger partial charge in [-0.1, -0.05) is 13.3 Å². The summed E-state index contributed by atoms with van der Waals surface area (Å²) < 4.78 is 0. The predicted octanol–water partition coefficient (Wildman–Crippen LogP) is 1.97. The highest BCUT2D eigenvalue weighted by Gasteiger charge is 2.04. The monoisotopic (exact) mass is 218 g/mol. The molecule has 0 unspecified atom stereocenters. The molecule has 4 heteroatoms. The van der Waals surface area contributed by atoms with Crippen molar-refractivity contribution in [3.8, 4) is 5.75 Å². The van der Waals surface area contributed by atoms with Crippen LogP contribution >= 0.6 is 0 Å². The van der Waals surface area contributed by atoms with Crippen LogP contribution in [0.25, 0.3) is 10.9 Å². The van der Waals surface area contributed by atoms with Gasteiger partial charge in [-0.3, -0.25) is 4.79 Å². The quantitative estimate of drug-likeness (QED) is 0.827. The van der Waals surface area contributed by atoms with Crippen molar-refractivity contribution in [1.29, 1.82) is 0 Å². The molecule has 2 aromatic rings. The first-order chi connectivity index (χ1) is 7.70. The van der Waals surface area contributed by atoms with Gasteiger partial charge in [-0.25, -0.2) is 4.98 Å². The zero-order valence-electron chi connectivity index (χ0n) is 9.16. The summed E-state index contributed by atoms with van der Waals surface area (Å²) >= 11 is 0. The van der Waals surface area contributed by atoms with E-state index in [1.54, 1.807) is 12.1 Å². The molecule has 0 spiro atoms. The van der Waals surface area contributed by atoms with Crippen molar-refractivity contribution >= 4 is 10.9 Å². The highest BCUT2D eigenvalue weighted by Crippen LogP contribution is 2.15. The molecule has 84 valence electrons. The van der Waals surface area contributed by atoms with Crippen molar-refractivity contribution in [3.63, 3.8) is 0 Å². The number of benzene rings is 1. The highest BCUT2D eigenvalue weighted by atomic mass is 16.3. The Balaban J connectivity index is 2.51. The van der Waals surface area contributed by atoms with Gasteiger partial charge in [0.05, 0.1) is 10.9 Å². The molecule has 16 heavy (non-hydrogen) atoms. The molecule has 2 rings (SSSR count). The van der Waals surface area contributed by atoms with Gasteiger partial charge in [0.1, 0.15) is 11.6 Å². The Morgan fingerprint density at radius 3 is 3.00 bits per heavy atom. The summed E-state index contributed by atoms with van der Waals surface area (Å²) in [4.78, 5) is 18.8. The Morgan fingerprint density at radius 1 is 1.44 bits per heavy atom. The second kappa shape index (κ2) is 4.35. The molecule has 4 nitrogen and oxygen atoms in total. The number of H-pyrrole nitrogens is 1. The third-order valence-corrected chi connectivity index (χ3v) is 2.51. The van der Waals surface area contributed by atoms with E-state index >= 15 is 0 Å². The van der Waals surface area contributed by atoms with Crippen molar-refractivity contribution in [3.05, 3.63) is 34.4 Å². The molecule has 0 aliphatic heterocycles. The molecule has 0 amide bonds. The molecule has 0 saturated heterocycles. The fourth-order valence-corrected chi connectivity index (χ4v) is 1.64. The summed E-state index contributed by atoms with van der Waals surface area (Å²) in [5.74, 6) is 0.797. The number of aromatic nitrogens is 2. The van der Waals surface area contributed by atoms with Crippen LogP contribution in [0.1, 0.15) is 25.6 Å². The average molecular weight is 218 g/mol. The molecule has 0 atom stereocenters. The van der Waals surface area contributed by atoms with E-state index in [4.69, 9.17) is 0 Å². The molecule has 0 aliphatic carbocycles. The third-order valence-electron chi connectivity index (χ3n) is 2.51. The average Bonchev–Trinajstić information content (AvgIpc) is 2.27. The Labute approximate surface area is 93.0 Å². The van der Waals surface area contributed by atoms with Gasteiger partial charge in [-0.15, -0.1) is 0 Å². The van der Waals surface area contributed by atoms with E-state index in [1.165, 1.54) is 6.07 Å². The van der Waals surface area contributed by atoms with Gasteiger partial charge in [-0.2, -0.15) is 0 Å².